The zero-order chi connectivity index (χ0) is 13.1. The molecule has 17 heavy (non-hydrogen) atoms. The average Bonchev–Trinajstić information content (AvgIpc) is 2.27. The van der Waals surface area contributed by atoms with Crippen molar-refractivity contribution in [1.29, 1.82) is 5.26 Å². The number of nitriles is 1. The number of nitrogens with zero attached hydrogens (tertiary/aromatic N) is 1. The van der Waals surface area contributed by atoms with Crippen LogP contribution in [0.1, 0.15) is 17.5 Å². The van der Waals surface area contributed by atoms with Crippen LogP contribution in [0.15, 0.2) is 36.9 Å². The Labute approximate surface area is 96.0 Å². The molecule has 90 valence electrons. The van der Waals surface area contributed by atoms with E-state index in [1.54, 1.807) is 6.07 Å². The van der Waals surface area contributed by atoms with Gasteiger partial charge in [0.1, 0.15) is 0 Å². The standard InChI is InChI=1S/C12H9F4N/c1-2-7-11(13,12(14,15)16)10-6-4-3-5-9(10)8-17/h2-6H,1,7H2. The summed E-state index contributed by atoms with van der Waals surface area (Å²) >= 11 is 0. The molecule has 0 amide bonds. The number of benzene rings is 1. The maximum atomic E-state index is 14.1. The largest absolute Gasteiger partial charge is 0.427 e. The SMILES string of the molecule is C=CCC(F)(c1ccccc1C#N)C(F)(F)F. The zero-order valence-corrected chi connectivity index (χ0v) is 8.76. The van der Waals surface area contributed by atoms with Crippen molar-refractivity contribution >= 4 is 0 Å². The summed E-state index contributed by atoms with van der Waals surface area (Å²) in [4.78, 5) is 0. The Bertz CT molecular complexity index is 458. The topological polar surface area (TPSA) is 23.8 Å². The first kappa shape index (κ1) is 13.2. The molecule has 0 N–H and O–H groups in total. The van der Waals surface area contributed by atoms with Gasteiger partial charge in [-0.2, -0.15) is 18.4 Å². The number of hydrogen-bond donors (Lipinski definition) is 0. The van der Waals surface area contributed by atoms with E-state index in [1.165, 1.54) is 12.1 Å². The van der Waals surface area contributed by atoms with Gasteiger partial charge in [-0.15, -0.1) is 6.58 Å². The molecular weight excluding hydrogens is 234 g/mol. The lowest BCUT2D eigenvalue weighted by Gasteiger charge is -2.27. The van der Waals surface area contributed by atoms with Crippen molar-refractivity contribution in [2.45, 2.75) is 18.3 Å². The Kier molecular flexibility index (Phi) is 3.56. The lowest BCUT2D eigenvalue weighted by Crippen LogP contribution is -2.38. The second kappa shape index (κ2) is 4.58. The third kappa shape index (κ3) is 2.31. The minimum absolute atomic E-state index is 0.325. The summed E-state index contributed by atoms with van der Waals surface area (Å²) in [6, 6.07) is 6.32. The van der Waals surface area contributed by atoms with Gasteiger partial charge >= 0.3 is 6.18 Å². The number of alkyl halides is 4. The Morgan fingerprint density at radius 3 is 2.29 bits per heavy atom. The van der Waals surface area contributed by atoms with Gasteiger partial charge in [0.2, 0.25) is 5.67 Å². The summed E-state index contributed by atoms with van der Waals surface area (Å²) in [6.07, 6.45) is -5.16. The van der Waals surface area contributed by atoms with Crippen LogP contribution >= 0.6 is 0 Å². The Balaban J connectivity index is 3.44. The molecular formula is C12H9F4N. The fourth-order valence-corrected chi connectivity index (χ4v) is 1.50. The van der Waals surface area contributed by atoms with Crippen molar-refractivity contribution in [3.8, 4) is 6.07 Å². The predicted octanol–water partition coefficient (Wildman–Crippen LogP) is 3.86. The monoisotopic (exact) mass is 243 g/mol. The van der Waals surface area contributed by atoms with Crippen molar-refractivity contribution in [2.24, 2.45) is 0 Å². The van der Waals surface area contributed by atoms with Crippen LogP contribution in [0.25, 0.3) is 0 Å². The smallest absolute Gasteiger partial charge is 0.228 e. The van der Waals surface area contributed by atoms with Crippen LogP contribution in [-0.2, 0) is 5.67 Å². The van der Waals surface area contributed by atoms with E-state index >= 15 is 0 Å². The summed E-state index contributed by atoms with van der Waals surface area (Å²) in [6.45, 7) is 3.12. The third-order valence-electron chi connectivity index (χ3n) is 2.35. The Morgan fingerprint density at radius 1 is 1.24 bits per heavy atom. The van der Waals surface area contributed by atoms with Crippen LogP contribution < -0.4 is 0 Å². The average molecular weight is 243 g/mol. The van der Waals surface area contributed by atoms with Crippen LogP contribution in [0.5, 0.6) is 0 Å². The fraction of sp³-hybridized carbons (Fsp3) is 0.250. The second-order valence-corrected chi connectivity index (χ2v) is 3.45. The summed E-state index contributed by atoms with van der Waals surface area (Å²) in [5, 5.41) is 8.71. The lowest BCUT2D eigenvalue weighted by atomic mass is 9.88. The molecule has 1 atom stereocenters. The van der Waals surface area contributed by atoms with E-state index in [2.05, 4.69) is 6.58 Å². The molecule has 0 radical (unpaired) electrons. The summed E-state index contributed by atoms with van der Waals surface area (Å²) in [7, 11) is 0. The van der Waals surface area contributed by atoms with E-state index < -0.39 is 23.8 Å². The maximum Gasteiger partial charge on any atom is 0.427 e. The number of hydrogen-bond acceptors (Lipinski definition) is 1. The van der Waals surface area contributed by atoms with Crippen LogP contribution in [0.2, 0.25) is 0 Å². The van der Waals surface area contributed by atoms with Gasteiger partial charge in [-0.1, -0.05) is 24.3 Å². The van der Waals surface area contributed by atoms with Gasteiger partial charge < -0.3 is 0 Å². The van der Waals surface area contributed by atoms with E-state index in [0.29, 0.717) is 0 Å². The van der Waals surface area contributed by atoms with Crippen LogP contribution in [0, 0.1) is 11.3 Å². The molecule has 1 aromatic carbocycles. The van der Waals surface area contributed by atoms with Crippen molar-refractivity contribution in [1.82, 2.24) is 0 Å². The number of rotatable bonds is 3. The van der Waals surface area contributed by atoms with Crippen molar-refractivity contribution in [3.63, 3.8) is 0 Å². The molecule has 1 unspecified atom stereocenters. The first-order valence-corrected chi connectivity index (χ1v) is 4.73. The fourth-order valence-electron chi connectivity index (χ4n) is 1.50. The number of allylic oxidation sites excluding steroid dienone is 1. The van der Waals surface area contributed by atoms with E-state index in [1.807, 2.05) is 0 Å². The highest BCUT2D eigenvalue weighted by molar-refractivity contribution is 5.42. The zero-order valence-electron chi connectivity index (χ0n) is 8.76. The van der Waals surface area contributed by atoms with Crippen LogP contribution in [0.3, 0.4) is 0 Å². The molecule has 0 saturated heterocycles. The molecule has 5 heteroatoms. The Hall–Kier alpha value is -1.83. The molecule has 0 aliphatic rings. The van der Waals surface area contributed by atoms with E-state index in [9.17, 15) is 17.6 Å². The third-order valence-corrected chi connectivity index (χ3v) is 2.35. The molecule has 1 aromatic rings. The lowest BCUT2D eigenvalue weighted by molar-refractivity contribution is -0.234. The molecule has 0 spiro atoms. The normalized spacial score (nSPS) is 14.8. The molecule has 0 aromatic heterocycles. The van der Waals surface area contributed by atoms with Crippen molar-refractivity contribution < 1.29 is 17.6 Å². The van der Waals surface area contributed by atoms with Crippen LogP contribution in [0.4, 0.5) is 17.6 Å². The molecule has 1 nitrogen and oxygen atoms in total. The second-order valence-electron chi connectivity index (χ2n) is 3.45. The summed E-state index contributed by atoms with van der Waals surface area (Å²) in [5.74, 6) is 0. The molecule has 1 rings (SSSR count). The van der Waals surface area contributed by atoms with Gasteiger partial charge in [-0.25, -0.2) is 4.39 Å². The van der Waals surface area contributed by atoms with E-state index in [-0.39, 0.29) is 5.56 Å². The highest BCUT2D eigenvalue weighted by Crippen LogP contribution is 2.46. The summed E-state index contributed by atoms with van der Waals surface area (Å²) < 4.78 is 52.4. The summed E-state index contributed by atoms with van der Waals surface area (Å²) in [5.41, 5.74) is -4.56. The van der Waals surface area contributed by atoms with Gasteiger partial charge in [0.25, 0.3) is 0 Å². The molecule has 0 saturated carbocycles. The van der Waals surface area contributed by atoms with Gasteiger partial charge in [-0.05, 0) is 6.07 Å². The molecule has 0 bridgehead atoms. The molecule has 0 aliphatic heterocycles. The van der Waals surface area contributed by atoms with Gasteiger partial charge in [0.15, 0.2) is 0 Å². The van der Waals surface area contributed by atoms with Gasteiger partial charge in [0.05, 0.1) is 11.6 Å². The highest BCUT2D eigenvalue weighted by atomic mass is 19.4. The minimum Gasteiger partial charge on any atom is -0.228 e. The molecule has 0 heterocycles. The van der Waals surface area contributed by atoms with E-state index in [0.717, 1.165) is 18.2 Å². The van der Waals surface area contributed by atoms with Crippen LogP contribution in [-0.4, -0.2) is 6.18 Å². The first-order valence-electron chi connectivity index (χ1n) is 4.73. The maximum absolute atomic E-state index is 14.1. The molecule has 0 fully saturated rings. The first-order chi connectivity index (χ1) is 7.86. The van der Waals surface area contributed by atoms with Gasteiger partial charge in [0, 0.05) is 12.0 Å². The molecule has 0 aliphatic carbocycles. The van der Waals surface area contributed by atoms with Crippen molar-refractivity contribution in [2.75, 3.05) is 0 Å². The quantitative estimate of drug-likeness (QED) is 0.584. The minimum atomic E-state index is -5.09. The predicted molar refractivity (Wildman–Crippen MR) is 54.8 cm³/mol. The van der Waals surface area contributed by atoms with E-state index in [4.69, 9.17) is 5.26 Å². The number of halogens is 4. The Morgan fingerprint density at radius 2 is 1.82 bits per heavy atom. The van der Waals surface area contributed by atoms with Gasteiger partial charge in [-0.3, -0.25) is 0 Å². The van der Waals surface area contributed by atoms with Crippen molar-refractivity contribution in [3.05, 3.63) is 48.0 Å². The highest BCUT2D eigenvalue weighted by Gasteiger charge is 2.57.